The van der Waals surface area contributed by atoms with E-state index in [0.29, 0.717) is 19.0 Å². The van der Waals surface area contributed by atoms with Crippen LogP contribution >= 0.6 is 28.8 Å². The van der Waals surface area contributed by atoms with E-state index < -0.39 is 5.69 Å². The molecule has 112 valence electrons. The number of hydrogen-bond donors (Lipinski definition) is 0. The fraction of sp³-hybridized carbons (Fsp3) is 0.462. The molecule has 0 aromatic heterocycles. The molecule has 0 unspecified atom stereocenters. The number of thioether (sulfide) groups is 1. The Morgan fingerprint density at radius 3 is 2.30 bits per heavy atom. The number of carbonyl (C=O) groups is 1. The molecule has 0 heterocycles. The summed E-state index contributed by atoms with van der Waals surface area (Å²) >= 11 is 8.23. The highest BCUT2D eigenvalue weighted by Crippen LogP contribution is 2.60. The zero-order valence-corrected chi connectivity index (χ0v) is 15.0. The summed E-state index contributed by atoms with van der Waals surface area (Å²) in [5.41, 5.74) is -1.49. The number of carbonyl (C=O) groups excluding carboxylic acids is 1. The van der Waals surface area contributed by atoms with E-state index in [1.807, 2.05) is 44.2 Å². The summed E-state index contributed by atoms with van der Waals surface area (Å²) in [6.45, 7) is 4.93. The van der Waals surface area contributed by atoms with Crippen LogP contribution in [0.1, 0.15) is 24.2 Å². The molecular weight excluding hydrogens is 331 g/mol. The lowest BCUT2D eigenvalue weighted by atomic mass is 10.2. The van der Waals surface area contributed by atoms with Gasteiger partial charge >= 0.3 is 0 Å². The predicted octanol–water partition coefficient (Wildman–Crippen LogP) is 4.59. The van der Waals surface area contributed by atoms with Crippen LogP contribution in [0, 0.1) is 0 Å². The van der Waals surface area contributed by atoms with Crippen LogP contribution in [0.2, 0.25) is 0 Å². The first-order valence-corrected chi connectivity index (χ1v) is 11.6. The first-order chi connectivity index (χ1) is 9.61. The summed E-state index contributed by atoms with van der Waals surface area (Å²) in [5, 5.41) is 0.0901. The van der Waals surface area contributed by atoms with Gasteiger partial charge in [-0.1, -0.05) is 53.5 Å². The second-order valence-corrected chi connectivity index (χ2v) is 11.1. The van der Waals surface area contributed by atoms with Gasteiger partial charge in [0.15, 0.2) is 0 Å². The largest absolute Gasteiger partial charge is 0.322 e. The Labute approximate surface area is 134 Å². The van der Waals surface area contributed by atoms with E-state index in [4.69, 9.17) is 20.9 Å². The molecule has 3 nitrogen and oxygen atoms in total. The Morgan fingerprint density at radius 1 is 1.15 bits per heavy atom. The maximum atomic E-state index is 11.9. The van der Waals surface area contributed by atoms with Crippen LogP contribution in [-0.2, 0) is 20.9 Å². The Hall–Kier alpha value is 0.160. The van der Waals surface area contributed by atoms with E-state index in [1.54, 1.807) is 0 Å². The van der Waals surface area contributed by atoms with E-state index in [0.717, 1.165) is 11.3 Å². The van der Waals surface area contributed by atoms with Crippen molar-refractivity contribution in [2.75, 3.05) is 24.7 Å². The summed E-state index contributed by atoms with van der Waals surface area (Å²) in [5.74, 6) is 1.46. The van der Waals surface area contributed by atoms with Crippen molar-refractivity contribution in [3.8, 4) is 0 Å². The summed E-state index contributed by atoms with van der Waals surface area (Å²) in [7, 11) is 0. The van der Waals surface area contributed by atoms with Gasteiger partial charge in [0, 0.05) is 17.1 Å². The van der Waals surface area contributed by atoms with Crippen molar-refractivity contribution >= 4 is 45.8 Å². The standard InChI is InChI=1S/C13H19O3PS3/c1-3-15-17(18,16-4-2)20-11-10-19-13(14)12-8-6-5-7-9-12/h5-9H,3-4,10-11H2,1-2H3. The van der Waals surface area contributed by atoms with Gasteiger partial charge < -0.3 is 9.05 Å². The topological polar surface area (TPSA) is 35.5 Å². The molecular formula is C13H19O3PS3. The summed E-state index contributed by atoms with van der Waals surface area (Å²) in [4.78, 5) is 11.9. The molecule has 20 heavy (non-hydrogen) atoms. The van der Waals surface area contributed by atoms with Gasteiger partial charge in [-0.2, -0.15) is 0 Å². The highest BCUT2D eigenvalue weighted by molar-refractivity contribution is 8.68. The van der Waals surface area contributed by atoms with Crippen molar-refractivity contribution in [2.45, 2.75) is 13.8 Å². The van der Waals surface area contributed by atoms with Gasteiger partial charge in [-0.05, 0) is 25.7 Å². The minimum absolute atomic E-state index is 0.0901. The molecule has 0 aliphatic heterocycles. The van der Waals surface area contributed by atoms with E-state index in [1.165, 1.54) is 23.1 Å². The Balaban J connectivity index is 2.33. The fourth-order valence-corrected chi connectivity index (χ4v) is 7.29. The van der Waals surface area contributed by atoms with Gasteiger partial charge in [-0.15, -0.1) is 0 Å². The van der Waals surface area contributed by atoms with Crippen molar-refractivity contribution in [1.82, 2.24) is 0 Å². The second kappa shape index (κ2) is 9.98. The van der Waals surface area contributed by atoms with Gasteiger partial charge in [0.05, 0.1) is 13.2 Å². The first kappa shape index (κ1) is 18.2. The monoisotopic (exact) mass is 350 g/mol. The van der Waals surface area contributed by atoms with Gasteiger partial charge in [-0.25, -0.2) is 0 Å². The second-order valence-electron chi connectivity index (χ2n) is 3.62. The Bertz CT molecular complexity index is 443. The van der Waals surface area contributed by atoms with Crippen LogP contribution in [0.4, 0.5) is 0 Å². The third-order valence-electron chi connectivity index (χ3n) is 2.15. The molecule has 0 saturated carbocycles. The molecule has 0 atom stereocenters. The van der Waals surface area contributed by atoms with Crippen molar-refractivity contribution in [3.63, 3.8) is 0 Å². The Morgan fingerprint density at radius 2 is 1.75 bits per heavy atom. The van der Waals surface area contributed by atoms with E-state index in [9.17, 15) is 4.79 Å². The average molecular weight is 350 g/mol. The van der Waals surface area contributed by atoms with Crippen molar-refractivity contribution in [1.29, 1.82) is 0 Å². The zero-order valence-electron chi connectivity index (χ0n) is 11.6. The predicted molar refractivity (Wildman–Crippen MR) is 93.2 cm³/mol. The normalized spacial score (nSPS) is 11.5. The third kappa shape index (κ3) is 6.74. The lowest BCUT2D eigenvalue weighted by Gasteiger charge is -2.19. The van der Waals surface area contributed by atoms with Crippen LogP contribution in [0.25, 0.3) is 0 Å². The van der Waals surface area contributed by atoms with Crippen molar-refractivity contribution in [3.05, 3.63) is 35.9 Å². The van der Waals surface area contributed by atoms with Crippen LogP contribution in [0.15, 0.2) is 30.3 Å². The van der Waals surface area contributed by atoms with Crippen LogP contribution < -0.4 is 0 Å². The molecule has 0 saturated heterocycles. The highest BCUT2D eigenvalue weighted by atomic mass is 32.9. The molecule has 0 spiro atoms. The van der Waals surface area contributed by atoms with E-state index in [2.05, 4.69) is 0 Å². The minimum atomic E-state index is -2.23. The molecule has 0 fully saturated rings. The van der Waals surface area contributed by atoms with Crippen LogP contribution in [0.3, 0.4) is 0 Å². The molecule has 0 aliphatic carbocycles. The maximum Gasteiger partial charge on any atom is 0.247 e. The van der Waals surface area contributed by atoms with Gasteiger partial charge in [0.1, 0.15) is 0 Å². The van der Waals surface area contributed by atoms with E-state index in [-0.39, 0.29) is 5.12 Å². The smallest absolute Gasteiger partial charge is 0.247 e. The van der Waals surface area contributed by atoms with Crippen molar-refractivity contribution < 1.29 is 13.8 Å². The van der Waals surface area contributed by atoms with Gasteiger partial charge in [-0.3, -0.25) is 4.79 Å². The molecule has 0 N–H and O–H groups in total. The molecule has 0 amide bonds. The van der Waals surface area contributed by atoms with Crippen LogP contribution in [0.5, 0.6) is 0 Å². The molecule has 0 bridgehead atoms. The molecule has 1 rings (SSSR count). The maximum absolute atomic E-state index is 11.9. The first-order valence-electron chi connectivity index (χ1n) is 6.37. The highest BCUT2D eigenvalue weighted by Gasteiger charge is 2.18. The van der Waals surface area contributed by atoms with Crippen molar-refractivity contribution in [2.24, 2.45) is 0 Å². The molecule has 7 heteroatoms. The van der Waals surface area contributed by atoms with Gasteiger partial charge in [0.2, 0.25) is 10.8 Å². The van der Waals surface area contributed by atoms with Crippen LogP contribution in [-0.4, -0.2) is 29.8 Å². The number of benzene rings is 1. The molecule has 0 radical (unpaired) electrons. The summed E-state index contributed by atoms with van der Waals surface area (Å²) < 4.78 is 11.1. The number of rotatable bonds is 9. The van der Waals surface area contributed by atoms with Gasteiger partial charge in [0.25, 0.3) is 0 Å². The quantitative estimate of drug-likeness (QED) is 0.479. The molecule has 1 aromatic rings. The number of hydrogen-bond acceptors (Lipinski definition) is 6. The Kier molecular flexibility index (Phi) is 9.09. The fourth-order valence-electron chi connectivity index (χ4n) is 1.37. The molecule has 1 aromatic carbocycles. The lowest BCUT2D eigenvalue weighted by molar-refractivity contribution is 0.108. The van der Waals surface area contributed by atoms with E-state index >= 15 is 0 Å². The molecule has 0 aliphatic rings. The third-order valence-corrected chi connectivity index (χ3v) is 8.88. The lowest BCUT2D eigenvalue weighted by Crippen LogP contribution is -1.97. The summed E-state index contributed by atoms with van der Waals surface area (Å²) in [6.07, 6.45) is 0. The average Bonchev–Trinajstić information content (AvgIpc) is 2.45. The summed E-state index contributed by atoms with van der Waals surface area (Å²) in [6, 6.07) is 9.29. The minimum Gasteiger partial charge on any atom is -0.322 e. The SMILES string of the molecule is CCOP(=S)(OCC)SCCSC(=O)c1ccccc1. The zero-order chi connectivity index (χ0) is 14.8.